The van der Waals surface area contributed by atoms with E-state index in [0.29, 0.717) is 27.1 Å². The van der Waals surface area contributed by atoms with Crippen molar-refractivity contribution in [3.05, 3.63) is 0 Å². The summed E-state index contributed by atoms with van der Waals surface area (Å²) < 4.78 is 0. The van der Waals surface area contributed by atoms with E-state index in [1.54, 1.807) is 128 Å². The van der Waals surface area contributed by atoms with E-state index in [1.165, 1.54) is 81.0 Å². The summed E-state index contributed by atoms with van der Waals surface area (Å²) in [5.74, 6) is 25.8. The first kappa shape index (κ1) is 67.5. The van der Waals surface area contributed by atoms with Crippen molar-refractivity contribution in [3.8, 4) is 0 Å². The zero-order chi connectivity index (χ0) is 59.1. The average Bonchev–Trinajstić information content (AvgIpc) is 4.48. The van der Waals surface area contributed by atoms with Gasteiger partial charge in [-0.05, 0) is 316 Å². The molecular weight excluding hydrogens is 961 g/mol. The highest BCUT2D eigenvalue weighted by Crippen LogP contribution is 2.72. The molecule has 80 heavy (non-hydrogen) atoms. The van der Waals surface area contributed by atoms with Crippen LogP contribution in [0, 0.1) is 169 Å². The molecule has 18 aliphatic carbocycles. The van der Waals surface area contributed by atoms with Crippen molar-refractivity contribution >= 4 is 0 Å². The third-order valence-corrected chi connectivity index (χ3v) is 28.9. The molecule has 0 N–H and O–H groups in total. The normalized spacial score (nSPS) is 45.0. The Kier molecular flexibility index (Phi) is 22.9. The summed E-state index contributed by atoms with van der Waals surface area (Å²) in [6.45, 7) is 52.9. The van der Waals surface area contributed by atoms with Crippen molar-refractivity contribution in [2.24, 2.45) is 169 Å². The maximum Gasteiger partial charge on any atom is -0.0295 e. The van der Waals surface area contributed by atoms with Crippen LogP contribution in [0.1, 0.15) is 339 Å². The topological polar surface area (TPSA) is 0 Å². The Labute approximate surface area is 505 Å². The van der Waals surface area contributed by atoms with Gasteiger partial charge >= 0.3 is 0 Å². The monoisotopic (exact) mass is 1110 g/mol. The zero-order valence-corrected chi connectivity index (χ0v) is 59.1. The standard InChI is InChI=1S/C14H22.C14H24.C12H20.C11H18.C11H20.C10H20.4C2H6/c1-14(2)7-10-6-11(14)13-9-4-3-8(5-9)12(10)13;1-14(2,3)13-8-9-7-12(13)11-6-4-5-10(9)11;1-12(2)10-4-8-3-9(6-10)7-11(12)5-8;1-11(2)9-4-7-3-8(6-9)10(11)5-7;1-11(2,3)10-7-8-4-5-9(10)6-8;1-10(2,3)9-7-5-4-6-8-9;4*1-2/h8-13H,3-7H2,1-2H3;9-13H,4-8H2,1-3H3;8-11H,3-7H2,1-2H3;7-10H,3-6H2,1-2H3;8-10H,4-7H2,1-3H3;9H,4-8H2,1-3H3;4*1-2H3. The molecule has 0 aromatic heterocycles. The summed E-state index contributed by atoms with van der Waals surface area (Å²) in [5, 5.41) is 0. The van der Waals surface area contributed by atoms with Crippen LogP contribution in [0.3, 0.4) is 0 Å². The average molecular weight is 1110 g/mol. The predicted octanol–water partition coefficient (Wildman–Crippen LogP) is 25.6. The van der Waals surface area contributed by atoms with Gasteiger partial charge in [-0.1, -0.05) is 191 Å². The first-order valence-corrected chi connectivity index (χ1v) is 37.8. The van der Waals surface area contributed by atoms with E-state index in [2.05, 4.69) is 104 Å². The van der Waals surface area contributed by atoms with Gasteiger partial charge < -0.3 is 0 Å². The van der Waals surface area contributed by atoms with E-state index in [4.69, 9.17) is 0 Å². The van der Waals surface area contributed by atoms with E-state index in [1.807, 2.05) is 55.4 Å². The second kappa shape index (κ2) is 27.2. The summed E-state index contributed by atoms with van der Waals surface area (Å²) in [4.78, 5) is 0. The van der Waals surface area contributed by atoms with Crippen LogP contribution < -0.4 is 0 Å². The molecule has 18 rings (SSSR count). The van der Waals surface area contributed by atoms with Crippen molar-refractivity contribution in [1.82, 2.24) is 0 Å². The molecule has 18 fully saturated rings. The fraction of sp³-hybridized carbons (Fsp3) is 1.00. The lowest BCUT2D eigenvalue weighted by Crippen LogP contribution is -2.49. The molecule has 16 bridgehead atoms. The van der Waals surface area contributed by atoms with Crippen LogP contribution in [0.4, 0.5) is 0 Å². The third-order valence-electron chi connectivity index (χ3n) is 28.9. The third kappa shape index (κ3) is 14.1. The maximum absolute atomic E-state index is 2.54. The Morgan fingerprint density at radius 3 is 1.27 bits per heavy atom. The number of fused-ring (bicyclic) bond motifs is 16. The van der Waals surface area contributed by atoms with Crippen LogP contribution in [-0.4, -0.2) is 0 Å². The molecule has 0 amide bonds. The van der Waals surface area contributed by atoms with Crippen molar-refractivity contribution in [2.75, 3.05) is 0 Å². The molecule has 0 aliphatic heterocycles. The molecule has 0 saturated heterocycles. The fourth-order valence-electron chi connectivity index (χ4n) is 25.3. The molecule has 18 unspecified atom stereocenters. The Morgan fingerprint density at radius 2 is 0.800 bits per heavy atom. The Morgan fingerprint density at radius 1 is 0.287 bits per heavy atom. The van der Waals surface area contributed by atoms with E-state index in [-0.39, 0.29) is 0 Å². The lowest BCUT2D eigenvalue weighted by atomic mass is 9.46. The molecule has 468 valence electrons. The number of rotatable bonds is 0. The molecule has 18 saturated carbocycles. The fourth-order valence-corrected chi connectivity index (χ4v) is 25.3. The first-order valence-electron chi connectivity index (χ1n) is 37.8. The molecule has 18 atom stereocenters. The van der Waals surface area contributed by atoms with Gasteiger partial charge in [0.05, 0.1) is 0 Å². The predicted molar refractivity (Wildman–Crippen MR) is 355 cm³/mol. The van der Waals surface area contributed by atoms with Crippen LogP contribution in [-0.2, 0) is 0 Å². The second-order valence-electron chi connectivity index (χ2n) is 36.6. The first-order chi connectivity index (χ1) is 37.8. The number of hydrogen-bond acceptors (Lipinski definition) is 0. The minimum atomic E-state index is 0.570. The van der Waals surface area contributed by atoms with E-state index in [9.17, 15) is 0 Å². The molecule has 0 spiro atoms. The van der Waals surface area contributed by atoms with Crippen molar-refractivity contribution < 1.29 is 0 Å². The van der Waals surface area contributed by atoms with E-state index in [0.717, 1.165) is 112 Å². The van der Waals surface area contributed by atoms with E-state index < -0.39 is 0 Å². The minimum absolute atomic E-state index is 0.570. The van der Waals surface area contributed by atoms with Gasteiger partial charge in [-0.25, -0.2) is 0 Å². The van der Waals surface area contributed by atoms with Gasteiger partial charge in [-0.3, -0.25) is 0 Å². The quantitative estimate of drug-likeness (QED) is 0.212. The highest BCUT2D eigenvalue weighted by molar-refractivity contribution is 5.13. The van der Waals surface area contributed by atoms with Crippen molar-refractivity contribution in [3.63, 3.8) is 0 Å². The summed E-state index contributed by atoms with van der Waals surface area (Å²) in [6.07, 6.45) is 43.5. The van der Waals surface area contributed by atoms with Crippen LogP contribution in [0.15, 0.2) is 0 Å². The summed E-state index contributed by atoms with van der Waals surface area (Å²) in [5.41, 5.74) is 3.86. The van der Waals surface area contributed by atoms with Crippen molar-refractivity contribution in [1.29, 1.82) is 0 Å². The van der Waals surface area contributed by atoms with E-state index >= 15 is 0 Å². The van der Waals surface area contributed by atoms with Gasteiger partial charge in [0.25, 0.3) is 0 Å². The summed E-state index contributed by atoms with van der Waals surface area (Å²) in [6, 6.07) is 0. The Bertz CT molecular complexity index is 1790. The molecule has 0 nitrogen and oxygen atoms in total. The molecule has 0 radical (unpaired) electrons. The molecule has 0 heterocycles. The van der Waals surface area contributed by atoms with Gasteiger partial charge in [0, 0.05) is 0 Å². The van der Waals surface area contributed by atoms with Crippen molar-refractivity contribution in [2.45, 2.75) is 339 Å². The lowest BCUT2D eigenvalue weighted by molar-refractivity contribution is -0.0876. The summed E-state index contributed by atoms with van der Waals surface area (Å²) in [7, 11) is 0. The van der Waals surface area contributed by atoms with Gasteiger partial charge in [-0.2, -0.15) is 0 Å². The Balaban J connectivity index is 0.000000136. The SMILES string of the molecule is CC.CC.CC.CC.CC(C)(C)C1CC2CC1C1CCCC21.CC(C)(C)C1CC2CCC1C2.CC(C)(C)C1CCCCC1.CC1(C)C2CC3CC(C2)C1C3.CC1(C)C2CC3CC(C2)CC1C3.CC1(C)CC2CC1C1C3CCC(C3)C21. The van der Waals surface area contributed by atoms with Crippen LogP contribution in [0.5, 0.6) is 0 Å². The van der Waals surface area contributed by atoms with Gasteiger partial charge in [0.1, 0.15) is 0 Å². The molecular formula is C80H148. The lowest BCUT2D eigenvalue weighted by Gasteiger charge is -2.59. The molecule has 0 heteroatoms. The smallest absolute Gasteiger partial charge is 0.0295 e. The van der Waals surface area contributed by atoms with Gasteiger partial charge in [-0.15, -0.1) is 0 Å². The van der Waals surface area contributed by atoms with Crippen LogP contribution in [0.25, 0.3) is 0 Å². The van der Waals surface area contributed by atoms with Gasteiger partial charge in [0.2, 0.25) is 0 Å². The molecule has 0 aromatic carbocycles. The van der Waals surface area contributed by atoms with Crippen LogP contribution in [0.2, 0.25) is 0 Å². The number of hydrogen-bond donors (Lipinski definition) is 0. The minimum Gasteiger partial charge on any atom is -0.0683 e. The highest BCUT2D eigenvalue weighted by Gasteiger charge is 2.64. The highest BCUT2D eigenvalue weighted by atomic mass is 14.7. The van der Waals surface area contributed by atoms with Crippen LogP contribution >= 0.6 is 0 Å². The molecule has 18 aliphatic rings. The maximum atomic E-state index is 2.54. The van der Waals surface area contributed by atoms with Gasteiger partial charge in [0.15, 0.2) is 0 Å². The molecule has 0 aromatic rings. The Hall–Kier alpha value is 0. The zero-order valence-electron chi connectivity index (χ0n) is 59.1. The summed E-state index contributed by atoms with van der Waals surface area (Å²) >= 11 is 0. The largest absolute Gasteiger partial charge is 0.0683 e. The second-order valence-corrected chi connectivity index (χ2v) is 36.6.